The van der Waals surface area contributed by atoms with E-state index in [-0.39, 0.29) is 6.42 Å². The molecule has 0 aliphatic rings. The Hall–Kier alpha value is -2.02. The SMILES string of the molecule is O=C(CCCCc1nc2ccccc2s1)NC(CF)C(=O)O. The third-order valence-electron chi connectivity index (χ3n) is 3.17. The van der Waals surface area contributed by atoms with Crippen molar-refractivity contribution in [1.29, 1.82) is 0 Å². The summed E-state index contributed by atoms with van der Waals surface area (Å²) in [5.41, 5.74) is 0.979. The lowest BCUT2D eigenvalue weighted by Gasteiger charge is -2.10. The number of benzene rings is 1. The van der Waals surface area contributed by atoms with Gasteiger partial charge in [-0.25, -0.2) is 14.2 Å². The van der Waals surface area contributed by atoms with Crippen molar-refractivity contribution in [3.63, 3.8) is 0 Å². The topological polar surface area (TPSA) is 79.3 Å². The number of rotatable bonds is 8. The van der Waals surface area contributed by atoms with E-state index in [1.54, 1.807) is 11.3 Å². The number of unbranched alkanes of at least 4 members (excludes halogenated alkanes) is 1. The van der Waals surface area contributed by atoms with E-state index in [0.717, 1.165) is 28.1 Å². The summed E-state index contributed by atoms with van der Waals surface area (Å²) in [4.78, 5) is 26.6. The van der Waals surface area contributed by atoms with Crippen LogP contribution in [0.25, 0.3) is 10.2 Å². The Labute approximate surface area is 131 Å². The zero-order valence-corrected chi connectivity index (χ0v) is 12.7. The Bertz CT molecular complexity index is 626. The summed E-state index contributed by atoms with van der Waals surface area (Å²) in [7, 11) is 0. The Morgan fingerprint density at radius 3 is 2.77 bits per heavy atom. The zero-order chi connectivity index (χ0) is 15.9. The molecule has 0 spiro atoms. The van der Waals surface area contributed by atoms with Crippen LogP contribution in [0.2, 0.25) is 0 Å². The number of nitrogens with zero attached hydrogens (tertiary/aromatic N) is 1. The van der Waals surface area contributed by atoms with Crippen LogP contribution in [0, 0.1) is 0 Å². The minimum Gasteiger partial charge on any atom is -0.480 e. The van der Waals surface area contributed by atoms with Crippen molar-refractivity contribution < 1.29 is 19.1 Å². The predicted octanol–water partition coefficient (Wildman–Crippen LogP) is 2.55. The minimum atomic E-state index is -1.45. The first-order chi connectivity index (χ1) is 10.6. The van der Waals surface area contributed by atoms with E-state index in [2.05, 4.69) is 10.3 Å². The molecule has 0 bridgehead atoms. The van der Waals surface area contributed by atoms with Gasteiger partial charge in [-0.1, -0.05) is 12.1 Å². The number of halogens is 1. The number of carboxylic acids is 1. The number of thiazole rings is 1. The van der Waals surface area contributed by atoms with Gasteiger partial charge in [-0.15, -0.1) is 11.3 Å². The molecule has 2 rings (SSSR count). The molecule has 0 radical (unpaired) electrons. The van der Waals surface area contributed by atoms with Crippen molar-refractivity contribution >= 4 is 33.4 Å². The van der Waals surface area contributed by atoms with E-state index in [0.29, 0.717) is 6.42 Å². The maximum absolute atomic E-state index is 12.4. The van der Waals surface area contributed by atoms with Gasteiger partial charge in [0.25, 0.3) is 0 Å². The smallest absolute Gasteiger partial charge is 0.328 e. The van der Waals surface area contributed by atoms with Crippen molar-refractivity contribution in [3.8, 4) is 0 Å². The highest BCUT2D eigenvalue weighted by Crippen LogP contribution is 2.22. The molecule has 0 aliphatic heterocycles. The monoisotopic (exact) mass is 324 g/mol. The fourth-order valence-electron chi connectivity index (χ4n) is 2.02. The number of aliphatic carboxylic acids is 1. The molecule has 1 heterocycles. The molecule has 2 aromatic rings. The molecule has 1 aromatic carbocycles. The van der Waals surface area contributed by atoms with Crippen LogP contribution in [-0.2, 0) is 16.0 Å². The Kier molecular flexibility index (Phi) is 5.83. The highest BCUT2D eigenvalue weighted by molar-refractivity contribution is 7.18. The largest absolute Gasteiger partial charge is 0.480 e. The predicted molar refractivity (Wildman–Crippen MR) is 82.7 cm³/mol. The Morgan fingerprint density at radius 1 is 1.32 bits per heavy atom. The third-order valence-corrected chi connectivity index (χ3v) is 4.27. The van der Waals surface area contributed by atoms with Gasteiger partial charge in [-0.2, -0.15) is 0 Å². The average molecular weight is 324 g/mol. The Morgan fingerprint density at radius 2 is 2.09 bits per heavy atom. The van der Waals surface area contributed by atoms with Crippen LogP contribution in [0.4, 0.5) is 4.39 Å². The molecule has 7 heteroatoms. The number of carbonyl (C=O) groups excluding carboxylic acids is 1. The molecule has 118 valence electrons. The van der Waals surface area contributed by atoms with E-state index in [1.165, 1.54) is 0 Å². The number of aromatic nitrogens is 1. The molecule has 0 saturated heterocycles. The number of para-hydroxylation sites is 1. The molecule has 1 unspecified atom stereocenters. The quantitative estimate of drug-likeness (QED) is 0.731. The van der Waals surface area contributed by atoms with Crippen molar-refractivity contribution in [1.82, 2.24) is 10.3 Å². The van der Waals surface area contributed by atoms with Gasteiger partial charge in [0, 0.05) is 6.42 Å². The van der Waals surface area contributed by atoms with E-state index < -0.39 is 24.6 Å². The maximum atomic E-state index is 12.4. The van der Waals surface area contributed by atoms with Crippen LogP contribution < -0.4 is 5.32 Å². The lowest BCUT2D eigenvalue weighted by Crippen LogP contribution is -2.42. The van der Waals surface area contributed by atoms with E-state index in [9.17, 15) is 14.0 Å². The maximum Gasteiger partial charge on any atom is 0.328 e. The van der Waals surface area contributed by atoms with Crippen LogP contribution in [0.15, 0.2) is 24.3 Å². The number of fused-ring (bicyclic) bond motifs is 1. The van der Waals surface area contributed by atoms with Gasteiger partial charge in [0.05, 0.1) is 15.2 Å². The van der Waals surface area contributed by atoms with E-state index >= 15 is 0 Å². The summed E-state index contributed by atoms with van der Waals surface area (Å²) in [6.45, 7) is -1.10. The summed E-state index contributed by atoms with van der Waals surface area (Å²) in [6, 6.07) is 6.45. The Balaban J connectivity index is 1.72. The highest BCUT2D eigenvalue weighted by atomic mass is 32.1. The highest BCUT2D eigenvalue weighted by Gasteiger charge is 2.19. The summed E-state index contributed by atoms with van der Waals surface area (Å²) in [5, 5.41) is 11.8. The molecule has 2 N–H and O–H groups in total. The summed E-state index contributed by atoms with van der Waals surface area (Å²) < 4.78 is 13.5. The second-order valence-electron chi connectivity index (χ2n) is 4.90. The molecule has 0 saturated carbocycles. The number of alkyl halides is 1. The number of carbonyl (C=O) groups is 2. The van der Waals surface area contributed by atoms with Crippen LogP contribution in [-0.4, -0.2) is 34.7 Å². The van der Waals surface area contributed by atoms with Gasteiger partial charge in [-0.3, -0.25) is 4.79 Å². The van der Waals surface area contributed by atoms with E-state index in [1.807, 2.05) is 24.3 Å². The fraction of sp³-hybridized carbons (Fsp3) is 0.400. The van der Waals surface area contributed by atoms with Crippen LogP contribution in [0.3, 0.4) is 0 Å². The van der Waals surface area contributed by atoms with Crippen molar-refractivity contribution in [2.75, 3.05) is 6.67 Å². The van der Waals surface area contributed by atoms with Crippen molar-refractivity contribution in [2.24, 2.45) is 0 Å². The number of hydrogen-bond acceptors (Lipinski definition) is 4. The zero-order valence-electron chi connectivity index (χ0n) is 11.9. The molecule has 1 aromatic heterocycles. The molecule has 22 heavy (non-hydrogen) atoms. The number of carboxylic acid groups (broad SMARTS) is 1. The second-order valence-corrected chi connectivity index (χ2v) is 6.01. The van der Waals surface area contributed by atoms with Crippen molar-refractivity contribution in [3.05, 3.63) is 29.3 Å². The molecular formula is C15H17FN2O3S. The molecule has 5 nitrogen and oxygen atoms in total. The lowest BCUT2D eigenvalue weighted by molar-refractivity contribution is -0.142. The average Bonchev–Trinajstić information content (AvgIpc) is 2.91. The normalized spacial score (nSPS) is 12.2. The van der Waals surface area contributed by atoms with Gasteiger partial charge < -0.3 is 10.4 Å². The van der Waals surface area contributed by atoms with Gasteiger partial charge >= 0.3 is 5.97 Å². The third kappa shape index (κ3) is 4.49. The number of nitrogens with one attached hydrogen (secondary N) is 1. The van der Waals surface area contributed by atoms with Crippen LogP contribution in [0.5, 0.6) is 0 Å². The van der Waals surface area contributed by atoms with Gasteiger partial charge in [-0.05, 0) is 31.4 Å². The number of amides is 1. The van der Waals surface area contributed by atoms with Gasteiger partial charge in [0.2, 0.25) is 5.91 Å². The standard InChI is InChI=1S/C15H17FN2O3S/c16-9-11(15(20)21)17-13(19)7-3-4-8-14-18-10-5-1-2-6-12(10)22-14/h1-2,5-6,11H,3-4,7-9H2,(H,17,19)(H,20,21). The first-order valence-corrected chi connectivity index (χ1v) is 7.84. The first-order valence-electron chi connectivity index (χ1n) is 7.02. The molecular weight excluding hydrogens is 307 g/mol. The molecule has 1 amide bonds. The summed E-state index contributed by atoms with van der Waals surface area (Å²) >= 11 is 1.64. The minimum absolute atomic E-state index is 0.189. The first kappa shape index (κ1) is 16.4. The van der Waals surface area contributed by atoms with E-state index in [4.69, 9.17) is 5.11 Å². The lowest BCUT2D eigenvalue weighted by atomic mass is 10.2. The molecule has 1 atom stereocenters. The number of hydrogen-bond donors (Lipinski definition) is 2. The summed E-state index contributed by atoms with van der Waals surface area (Å²) in [6.07, 6.45) is 2.35. The van der Waals surface area contributed by atoms with Crippen LogP contribution >= 0.6 is 11.3 Å². The molecule has 0 fully saturated rings. The molecule has 0 aliphatic carbocycles. The summed E-state index contributed by atoms with van der Waals surface area (Å²) in [5.74, 6) is -1.79. The second kappa shape index (κ2) is 7.84. The van der Waals surface area contributed by atoms with Crippen LogP contribution in [0.1, 0.15) is 24.3 Å². The fourth-order valence-corrected chi connectivity index (χ4v) is 3.03. The van der Waals surface area contributed by atoms with Gasteiger partial charge in [0.15, 0.2) is 6.04 Å². The van der Waals surface area contributed by atoms with Crippen molar-refractivity contribution in [2.45, 2.75) is 31.7 Å². The number of aryl methyl sites for hydroxylation is 1. The van der Waals surface area contributed by atoms with Gasteiger partial charge in [0.1, 0.15) is 6.67 Å².